The van der Waals surface area contributed by atoms with Crippen molar-refractivity contribution < 1.29 is 4.74 Å². The fraction of sp³-hybridized carbons (Fsp3) is 0.385. The van der Waals surface area contributed by atoms with Crippen molar-refractivity contribution in [2.45, 2.75) is 20.0 Å². The average molecular weight is 205 g/mol. The predicted octanol–water partition coefficient (Wildman–Crippen LogP) is 3.21. The maximum absolute atomic E-state index is 5.08. The van der Waals surface area contributed by atoms with Gasteiger partial charge in [0.05, 0.1) is 6.61 Å². The van der Waals surface area contributed by atoms with Crippen LogP contribution in [0.2, 0.25) is 0 Å². The van der Waals surface area contributed by atoms with Crippen LogP contribution in [0.15, 0.2) is 36.4 Å². The van der Waals surface area contributed by atoms with Gasteiger partial charge in [0.2, 0.25) is 0 Å². The van der Waals surface area contributed by atoms with E-state index in [-0.39, 0.29) is 0 Å². The number of nitrogens with one attached hydrogen (secondary N) is 1. The lowest BCUT2D eigenvalue weighted by Gasteiger charge is -2.07. The Morgan fingerprint density at radius 1 is 1.47 bits per heavy atom. The van der Waals surface area contributed by atoms with Crippen molar-refractivity contribution in [3.05, 3.63) is 42.0 Å². The molecule has 0 saturated heterocycles. The summed E-state index contributed by atoms with van der Waals surface area (Å²) in [5, 5.41) is 3.36. The lowest BCUT2D eigenvalue weighted by atomic mass is 10.2. The molecule has 2 heteroatoms. The molecule has 2 nitrogen and oxygen atoms in total. The minimum atomic E-state index is 0.663. The van der Waals surface area contributed by atoms with E-state index in [1.54, 1.807) is 7.11 Å². The Morgan fingerprint density at radius 2 is 2.27 bits per heavy atom. The van der Waals surface area contributed by atoms with E-state index in [0.29, 0.717) is 6.61 Å². The molecule has 0 amide bonds. The number of hydrogen-bond acceptors (Lipinski definition) is 2. The number of hydrogen-bond donors (Lipinski definition) is 1. The summed E-state index contributed by atoms with van der Waals surface area (Å²) in [7, 11) is 1.71. The number of ether oxygens (including phenoxy) is 1. The second kappa shape index (κ2) is 6.25. The van der Waals surface area contributed by atoms with Crippen molar-refractivity contribution in [2.75, 3.05) is 19.0 Å². The van der Waals surface area contributed by atoms with E-state index >= 15 is 0 Å². The Morgan fingerprint density at radius 3 is 2.93 bits per heavy atom. The van der Waals surface area contributed by atoms with Gasteiger partial charge < -0.3 is 10.1 Å². The van der Waals surface area contributed by atoms with Gasteiger partial charge >= 0.3 is 0 Å². The molecule has 15 heavy (non-hydrogen) atoms. The van der Waals surface area contributed by atoms with Gasteiger partial charge in [0.1, 0.15) is 0 Å². The Labute approximate surface area is 92.0 Å². The van der Waals surface area contributed by atoms with Crippen LogP contribution in [0.3, 0.4) is 0 Å². The molecule has 0 aromatic heterocycles. The monoisotopic (exact) mass is 205 g/mol. The van der Waals surface area contributed by atoms with E-state index in [1.807, 2.05) is 13.0 Å². The molecule has 1 rings (SSSR count). The lowest BCUT2D eigenvalue weighted by Crippen LogP contribution is -2.02. The summed E-state index contributed by atoms with van der Waals surface area (Å²) in [4.78, 5) is 0. The van der Waals surface area contributed by atoms with Crippen LogP contribution in [-0.2, 0) is 11.3 Å². The number of benzene rings is 1. The van der Waals surface area contributed by atoms with Crippen LogP contribution in [0.25, 0.3) is 0 Å². The molecule has 1 aromatic rings. The first-order chi connectivity index (χ1) is 7.22. The largest absolute Gasteiger partial charge is 0.385 e. The van der Waals surface area contributed by atoms with Crippen molar-refractivity contribution in [2.24, 2.45) is 0 Å². The third-order valence-electron chi connectivity index (χ3n) is 2.12. The third kappa shape index (κ3) is 4.66. The van der Waals surface area contributed by atoms with E-state index in [0.717, 1.165) is 18.7 Å². The SMILES string of the molecule is C=C(C)CCNc1cccc(COC)c1. The van der Waals surface area contributed by atoms with Crippen molar-refractivity contribution >= 4 is 5.69 Å². The highest BCUT2D eigenvalue weighted by molar-refractivity contribution is 5.45. The molecule has 0 aliphatic carbocycles. The summed E-state index contributed by atoms with van der Waals surface area (Å²) in [5.74, 6) is 0. The van der Waals surface area contributed by atoms with Gasteiger partial charge in [-0.05, 0) is 31.0 Å². The first-order valence-corrected chi connectivity index (χ1v) is 5.18. The topological polar surface area (TPSA) is 21.3 Å². The van der Waals surface area contributed by atoms with Gasteiger partial charge in [0.15, 0.2) is 0 Å². The third-order valence-corrected chi connectivity index (χ3v) is 2.12. The van der Waals surface area contributed by atoms with Crippen LogP contribution in [0.1, 0.15) is 18.9 Å². The van der Waals surface area contributed by atoms with Crippen molar-refractivity contribution in [1.82, 2.24) is 0 Å². The molecule has 0 spiro atoms. The summed E-state index contributed by atoms with van der Waals surface area (Å²) in [6.45, 7) is 7.52. The van der Waals surface area contributed by atoms with Crippen molar-refractivity contribution in [3.63, 3.8) is 0 Å². The van der Waals surface area contributed by atoms with E-state index in [2.05, 4.69) is 30.1 Å². The van der Waals surface area contributed by atoms with Gasteiger partial charge in [-0.25, -0.2) is 0 Å². The smallest absolute Gasteiger partial charge is 0.0713 e. The molecule has 0 saturated carbocycles. The predicted molar refractivity (Wildman–Crippen MR) is 65.1 cm³/mol. The van der Waals surface area contributed by atoms with Crippen LogP contribution in [0.4, 0.5) is 5.69 Å². The lowest BCUT2D eigenvalue weighted by molar-refractivity contribution is 0.185. The van der Waals surface area contributed by atoms with E-state index in [9.17, 15) is 0 Å². The van der Waals surface area contributed by atoms with Gasteiger partial charge in [-0.15, -0.1) is 6.58 Å². The Kier molecular flexibility index (Phi) is 4.91. The Bertz CT molecular complexity index is 320. The molecule has 1 N–H and O–H groups in total. The van der Waals surface area contributed by atoms with E-state index in [1.165, 1.54) is 11.1 Å². The molecule has 1 aromatic carbocycles. The van der Waals surface area contributed by atoms with Crippen LogP contribution in [0.5, 0.6) is 0 Å². The standard InChI is InChI=1S/C13H19NO/c1-11(2)7-8-14-13-6-4-5-12(9-13)10-15-3/h4-6,9,14H,1,7-8,10H2,2-3H3. The molecule has 0 radical (unpaired) electrons. The summed E-state index contributed by atoms with van der Waals surface area (Å²) in [6.07, 6.45) is 1.01. The maximum Gasteiger partial charge on any atom is 0.0713 e. The molecule has 0 atom stereocenters. The highest BCUT2D eigenvalue weighted by Gasteiger charge is 1.95. The Balaban J connectivity index is 2.46. The molecule has 0 aliphatic heterocycles. The maximum atomic E-state index is 5.08. The normalized spacial score (nSPS) is 10.0. The van der Waals surface area contributed by atoms with Gasteiger partial charge in [-0.2, -0.15) is 0 Å². The molecule has 0 heterocycles. The fourth-order valence-corrected chi connectivity index (χ4v) is 1.36. The van der Waals surface area contributed by atoms with Crippen molar-refractivity contribution in [1.29, 1.82) is 0 Å². The molecular formula is C13H19NO. The van der Waals surface area contributed by atoms with Gasteiger partial charge in [-0.1, -0.05) is 17.7 Å². The molecule has 0 bridgehead atoms. The van der Waals surface area contributed by atoms with Crippen molar-refractivity contribution in [3.8, 4) is 0 Å². The van der Waals surface area contributed by atoms with Crippen LogP contribution < -0.4 is 5.32 Å². The summed E-state index contributed by atoms with van der Waals surface area (Å²) in [6, 6.07) is 8.28. The van der Waals surface area contributed by atoms with Crippen LogP contribution >= 0.6 is 0 Å². The molecule has 0 aliphatic rings. The second-order valence-corrected chi connectivity index (χ2v) is 3.77. The zero-order chi connectivity index (χ0) is 11.1. The summed E-state index contributed by atoms with van der Waals surface area (Å²) >= 11 is 0. The van der Waals surface area contributed by atoms with Gasteiger partial charge in [0.25, 0.3) is 0 Å². The highest BCUT2D eigenvalue weighted by Crippen LogP contribution is 2.11. The number of anilines is 1. The average Bonchev–Trinajstić information content (AvgIpc) is 2.18. The summed E-state index contributed by atoms with van der Waals surface area (Å²) < 4.78 is 5.08. The van der Waals surface area contributed by atoms with Crippen LogP contribution in [-0.4, -0.2) is 13.7 Å². The summed E-state index contributed by atoms with van der Waals surface area (Å²) in [5.41, 5.74) is 3.54. The Hall–Kier alpha value is -1.28. The quantitative estimate of drug-likeness (QED) is 0.720. The first-order valence-electron chi connectivity index (χ1n) is 5.18. The molecule has 82 valence electrons. The fourth-order valence-electron chi connectivity index (χ4n) is 1.36. The molecule has 0 unspecified atom stereocenters. The first kappa shape index (κ1) is 11.8. The second-order valence-electron chi connectivity index (χ2n) is 3.77. The van der Waals surface area contributed by atoms with E-state index in [4.69, 9.17) is 4.74 Å². The van der Waals surface area contributed by atoms with Gasteiger partial charge in [0, 0.05) is 19.3 Å². The van der Waals surface area contributed by atoms with Crippen LogP contribution in [0, 0.1) is 0 Å². The number of rotatable bonds is 6. The minimum absolute atomic E-state index is 0.663. The number of methoxy groups -OCH3 is 1. The minimum Gasteiger partial charge on any atom is -0.385 e. The zero-order valence-electron chi connectivity index (χ0n) is 9.55. The highest BCUT2D eigenvalue weighted by atomic mass is 16.5. The van der Waals surface area contributed by atoms with E-state index < -0.39 is 0 Å². The zero-order valence-corrected chi connectivity index (χ0v) is 9.55. The van der Waals surface area contributed by atoms with Gasteiger partial charge in [-0.3, -0.25) is 0 Å². The molecule has 0 fully saturated rings. The molecular weight excluding hydrogens is 186 g/mol.